The van der Waals surface area contributed by atoms with Crippen molar-refractivity contribution in [2.24, 2.45) is 11.7 Å². The van der Waals surface area contributed by atoms with E-state index in [9.17, 15) is 13.2 Å². The summed E-state index contributed by atoms with van der Waals surface area (Å²) in [5, 5.41) is 11.1. The highest BCUT2D eigenvalue weighted by Gasteiger charge is 2.37. The molecule has 8 nitrogen and oxygen atoms in total. The molecule has 1 saturated carbocycles. The van der Waals surface area contributed by atoms with Crippen LogP contribution in [0.1, 0.15) is 126 Å². The number of amidine groups is 1. The van der Waals surface area contributed by atoms with Gasteiger partial charge in [0.1, 0.15) is 5.84 Å². The fourth-order valence-corrected chi connectivity index (χ4v) is 9.42. The summed E-state index contributed by atoms with van der Waals surface area (Å²) in [5.41, 5.74) is 10.6. The van der Waals surface area contributed by atoms with Gasteiger partial charge in [-0.3, -0.25) is 19.8 Å². The van der Waals surface area contributed by atoms with E-state index in [-0.39, 0.29) is 29.5 Å². The van der Waals surface area contributed by atoms with Crippen molar-refractivity contribution in [3.8, 4) is 0 Å². The van der Waals surface area contributed by atoms with E-state index in [1.165, 1.54) is 12.8 Å². The zero-order valence-corrected chi connectivity index (χ0v) is 27.5. The van der Waals surface area contributed by atoms with Crippen molar-refractivity contribution in [2.45, 2.75) is 122 Å². The Kier molecular flexibility index (Phi) is 10.4. The molecule has 2 aromatic carbocycles. The van der Waals surface area contributed by atoms with E-state index >= 15 is 0 Å². The number of amides is 1. The average Bonchev–Trinajstić information content (AvgIpc) is 2.98. The summed E-state index contributed by atoms with van der Waals surface area (Å²) in [6.45, 7) is 6.84. The van der Waals surface area contributed by atoms with Crippen LogP contribution in [-0.4, -0.2) is 42.9 Å². The number of carbonyl (C=O) groups is 1. The summed E-state index contributed by atoms with van der Waals surface area (Å²) in [7, 11) is -3.56. The fraction of sp³-hybridized carbons (Fsp3) is 0.600. The van der Waals surface area contributed by atoms with Crippen LogP contribution in [0.25, 0.3) is 0 Å². The Morgan fingerprint density at radius 2 is 1.80 bits per heavy atom. The lowest BCUT2D eigenvalue weighted by atomic mass is 9.81. The second-order valence-corrected chi connectivity index (χ2v) is 15.3. The Morgan fingerprint density at radius 3 is 2.48 bits per heavy atom. The molecule has 1 saturated heterocycles. The van der Waals surface area contributed by atoms with Gasteiger partial charge in [-0.05, 0) is 93.2 Å². The maximum Gasteiger partial charge on any atom is 0.232 e. The molecule has 240 valence electrons. The molecular weight excluding hydrogens is 570 g/mol. The summed E-state index contributed by atoms with van der Waals surface area (Å²) < 4.78 is 29.8. The highest BCUT2D eigenvalue weighted by Crippen LogP contribution is 2.44. The molecule has 0 spiro atoms. The van der Waals surface area contributed by atoms with E-state index in [4.69, 9.17) is 11.1 Å². The molecule has 44 heavy (non-hydrogen) atoms. The van der Waals surface area contributed by atoms with E-state index in [2.05, 4.69) is 41.8 Å². The number of nitrogen functional groups attached to an aromatic ring is 1. The van der Waals surface area contributed by atoms with Crippen molar-refractivity contribution >= 4 is 33.1 Å². The Bertz CT molecular complexity index is 1440. The van der Waals surface area contributed by atoms with Crippen molar-refractivity contribution in [3.05, 3.63) is 58.7 Å². The maximum absolute atomic E-state index is 13.6. The first kappa shape index (κ1) is 32.5. The number of benzene rings is 2. The Hall–Kier alpha value is -2.91. The number of nitrogens with two attached hydrogens (primary N) is 1. The number of hydrogen-bond acceptors (Lipinski definition) is 5. The quantitative estimate of drug-likeness (QED) is 0.158. The number of sulfonamides is 1. The van der Waals surface area contributed by atoms with Crippen molar-refractivity contribution < 1.29 is 13.2 Å². The number of hydrogen-bond donors (Lipinski definition) is 4. The third kappa shape index (κ3) is 7.48. The van der Waals surface area contributed by atoms with Crippen molar-refractivity contribution in [1.82, 2.24) is 4.90 Å². The molecule has 2 aliphatic heterocycles. The smallest absolute Gasteiger partial charge is 0.232 e. The van der Waals surface area contributed by atoms with Crippen molar-refractivity contribution in [2.75, 3.05) is 15.8 Å². The number of unbranched alkanes of at least 4 members (excludes halogenated alkanes) is 1. The zero-order valence-electron chi connectivity index (χ0n) is 26.7. The minimum absolute atomic E-state index is 0.0259. The second kappa shape index (κ2) is 14.0. The highest BCUT2D eigenvalue weighted by atomic mass is 32.2. The van der Waals surface area contributed by atoms with Crippen LogP contribution in [0.5, 0.6) is 0 Å². The van der Waals surface area contributed by atoms with Crippen LogP contribution in [-0.2, 0) is 21.2 Å². The van der Waals surface area contributed by atoms with Crippen LogP contribution in [0.3, 0.4) is 0 Å². The molecular formula is C35H51N5O3S. The van der Waals surface area contributed by atoms with E-state index in [1.54, 1.807) is 6.07 Å². The van der Waals surface area contributed by atoms with Gasteiger partial charge in [-0.15, -0.1) is 0 Å². The number of rotatable bonds is 11. The summed E-state index contributed by atoms with van der Waals surface area (Å²) in [6.07, 6.45) is 12.4. The minimum Gasteiger partial charge on any atom is -0.384 e. The van der Waals surface area contributed by atoms with Crippen LogP contribution in [0.15, 0.2) is 36.4 Å². The predicted octanol–water partition coefficient (Wildman–Crippen LogP) is 7.07. The lowest BCUT2D eigenvalue weighted by Crippen LogP contribution is -2.46. The van der Waals surface area contributed by atoms with E-state index < -0.39 is 15.9 Å². The first-order valence-corrected chi connectivity index (χ1v) is 18.4. The molecule has 4 atom stereocenters. The van der Waals surface area contributed by atoms with Gasteiger partial charge in [0.2, 0.25) is 15.9 Å². The molecule has 3 aliphatic rings. The Labute approximate surface area is 264 Å². The topological polar surface area (TPSA) is 128 Å². The molecule has 5 rings (SSSR count). The number of likely N-dealkylation sites (tertiary alicyclic amines) is 1. The number of piperidine rings is 1. The molecule has 1 amide bonds. The lowest BCUT2D eigenvalue weighted by Gasteiger charge is -2.46. The van der Waals surface area contributed by atoms with E-state index in [0.29, 0.717) is 35.4 Å². The summed E-state index contributed by atoms with van der Waals surface area (Å²) in [4.78, 5) is 16.3. The number of anilines is 2. The fourth-order valence-electron chi connectivity index (χ4n) is 7.90. The van der Waals surface area contributed by atoms with Crippen molar-refractivity contribution in [3.63, 3.8) is 0 Å². The monoisotopic (exact) mass is 621 g/mol. The third-order valence-electron chi connectivity index (χ3n) is 10.1. The van der Waals surface area contributed by atoms with Crippen LogP contribution in [0.2, 0.25) is 0 Å². The number of carbonyl (C=O) groups excluding carboxylic acids is 1. The van der Waals surface area contributed by atoms with E-state index in [0.717, 1.165) is 74.5 Å². The molecule has 5 N–H and O–H groups in total. The maximum atomic E-state index is 13.6. The Balaban J connectivity index is 1.57. The van der Waals surface area contributed by atoms with Gasteiger partial charge >= 0.3 is 0 Å². The van der Waals surface area contributed by atoms with Crippen LogP contribution < -0.4 is 15.8 Å². The van der Waals surface area contributed by atoms with Gasteiger partial charge in [0.25, 0.3) is 0 Å². The van der Waals surface area contributed by atoms with Crippen LogP contribution in [0.4, 0.5) is 11.4 Å². The van der Waals surface area contributed by atoms with Gasteiger partial charge in [0.05, 0.1) is 17.4 Å². The molecule has 0 radical (unpaired) electrons. The number of nitrogens with zero attached hydrogens (tertiary/aromatic N) is 1. The average molecular weight is 622 g/mol. The first-order valence-electron chi connectivity index (χ1n) is 16.8. The summed E-state index contributed by atoms with van der Waals surface area (Å²) in [6, 6.07) is 12.2. The molecule has 1 aliphatic carbocycles. The highest BCUT2D eigenvalue weighted by molar-refractivity contribution is 7.92. The third-order valence-corrected chi connectivity index (χ3v) is 11.6. The first-order chi connectivity index (χ1) is 21.1. The van der Waals surface area contributed by atoms with Crippen molar-refractivity contribution in [1.29, 1.82) is 5.41 Å². The van der Waals surface area contributed by atoms with Crippen LogP contribution in [0, 0.1) is 11.3 Å². The van der Waals surface area contributed by atoms with Crippen LogP contribution >= 0.6 is 0 Å². The molecule has 2 heterocycles. The molecule has 2 aromatic rings. The number of fused-ring (bicyclic) bond motifs is 1. The van der Waals surface area contributed by atoms with Gasteiger partial charge in [-0.1, -0.05) is 63.6 Å². The molecule has 4 unspecified atom stereocenters. The molecule has 9 heteroatoms. The zero-order chi connectivity index (χ0) is 31.4. The predicted molar refractivity (Wildman–Crippen MR) is 180 cm³/mol. The van der Waals surface area contributed by atoms with Gasteiger partial charge in [-0.2, -0.15) is 0 Å². The van der Waals surface area contributed by atoms with Gasteiger partial charge < -0.3 is 11.1 Å². The molecule has 0 aromatic heterocycles. The summed E-state index contributed by atoms with van der Waals surface area (Å²) >= 11 is 0. The minimum atomic E-state index is -3.56. The van der Waals surface area contributed by atoms with E-state index in [1.807, 2.05) is 24.3 Å². The summed E-state index contributed by atoms with van der Waals surface area (Å²) in [5.74, 6) is -0.257. The SMILES string of the molecule is CCCCC(c1cc(NS(=O)(=O)CC2CCCCC2)cc2c1CC(c1cccc(C(=N)N)c1)C(=O)N2)N1C(C)CCCC1C. The standard InChI is InChI=1S/C35H51N5O3S/c1-4-5-17-33(40-23(2)11-9-12-24(40)3)31-19-28(39-44(42,43)22-25-13-7-6-8-14-25)20-32-30(31)21-29(35(41)38-32)26-15-10-16-27(18-26)34(36)37/h10,15-16,18-20,23-25,29,33,39H,4-9,11-14,17,21-22H2,1-3H3,(H3,36,37)(H,38,41). The normalized spacial score (nSPS) is 23.9. The molecule has 0 bridgehead atoms. The Morgan fingerprint density at radius 1 is 1.07 bits per heavy atom. The van der Waals surface area contributed by atoms with Gasteiger partial charge in [0, 0.05) is 29.4 Å². The van der Waals surface area contributed by atoms with Gasteiger partial charge in [0.15, 0.2) is 0 Å². The number of nitrogens with one attached hydrogen (secondary N) is 3. The van der Waals surface area contributed by atoms with Gasteiger partial charge in [-0.25, -0.2) is 8.42 Å². The second-order valence-electron chi connectivity index (χ2n) is 13.5. The largest absolute Gasteiger partial charge is 0.384 e. The lowest BCUT2D eigenvalue weighted by molar-refractivity contribution is -0.117. The molecule has 2 fully saturated rings.